The molecule has 192 valence electrons. The average molecular weight is 498 g/mol. The van der Waals surface area contributed by atoms with Gasteiger partial charge in [-0.3, -0.25) is 14.2 Å². The van der Waals surface area contributed by atoms with E-state index < -0.39 is 0 Å². The molecule has 3 heterocycles. The second kappa shape index (κ2) is 9.88. The second-order valence-electron chi connectivity index (χ2n) is 10.2. The van der Waals surface area contributed by atoms with E-state index in [1.54, 1.807) is 11.6 Å². The molecule has 1 amide bonds. The third kappa shape index (κ3) is 4.54. The number of rotatable bonds is 5. The zero-order valence-electron chi connectivity index (χ0n) is 22.4. The quantitative estimate of drug-likeness (QED) is 0.414. The van der Waals surface area contributed by atoms with Crippen LogP contribution in [0.1, 0.15) is 34.4 Å². The molecule has 2 aromatic heterocycles. The molecule has 5 rings (SSSR count). The fourth-order valence-corrected chi connectivity index (χ4v) is 5.56. The number of hydrogen-bond acceptors (Lipinski definition) is 4. The van der Waals surface area contributed by atoms with Gasteiger partial charge >= 0.3 is 0 Å². The van der Waals surface area contributed by atoms with Crippen LogP contribution < -0.4 is 10.5 Å². The standard InChI is InChI=1S/C30H35N5O2/c1-20-11-12-21(2)26(19-20)33-15-17-34(18-16-33)27(36)14-13-25-22(3)28-23(4)31-35(24-9-7-6-8-10-24)29(28)32(5)30(25)37/h6-12,19H,13-18H2,1-5H3. The zero-order chi connectivity index (χ0) is 26.3. The highest BCUT2D eigenvalue weighted by atomic mass is 16.2. The van der Waals surface area contributed by atoms with Gasteiger partial charge in [-0.15, -0.1) is 0 Å². The molecule has 7 heteroatoms. The van der Waals surface area contributed by atoms with Gasteiger partial charge in [0.2, 0.25) is 5.91 Å². The van der Waals surface area contributed by atoms with Crippen LogP contribution in [0.5, 0.6) is 0 Å². The van der Waals surface area contributed by atoms with Crippen LogP contribution in [0, 0.1) is 27.7 Å². The first-order valence-electron chi connectivity index (χ1n) is 13.0. The topological polar surface area (TPSA) is 63.4 Å². The van der Waals surface area contributed by atoms with E-state index in [1.165, 1.54) is 16.8 Å². The molecule has 37 heavy (non-hydrogen) atoms. The summed E-state index contributed by atoms with van der Waals surface area (Å²) >= 11 is 0. The van der Waals surface area contributed by atoms with E-state index in [0.717, 1.165) is 41.1 Å². The minimum Gasteiger partial charge on any atom is -0.368 e. The summed E-state index contributed by atoms with van der Waals surface area (Å²) < 4.78 is 3.52. The molecular formula is C30H35N5O2. The van der Waals surface area contributed by atoms with Gasteiger partial charge < -0.3 is 9.80 Å². The van der Waals surface area contributed by atoms with Crippen molar-refractivity contribution in [3.05, 3.63) is 86.8 Å². The minimum atomic E-state index is -0.0605. The van der Waals surface area contributed by atoms with Crippen LogP contribution in [-0.4, -0.2) is 51.3 Å². The minimum absolute atomic E-state index is 0.0605. The maximum absolute atomic E-state index is 13.4. The van der Waals surface area contributed by atoms with Gasteiger partial charge in [0.05, 0.1) is 11.4 Å². The number of nitrogens with zero attached hydrogens (tertiary/aromatic N) is 5. The molecule has 0 bridgehead atoms. The van der Waals surface area contributed by atoms with Crippen molar-refractivity contribution in [2.45, 2.75) is 40.5 Å². The van der Waals surface area contributed by atoms with Gasteiger partial charge in [-0.05, 0) is 69.0 Å². The van der Waals surface area contributed by atoms with Gasteiger partial charge in [0.1, 0.15) is 5.65 Å². The molecule has 2 aromatic carbocycles. The Kier molecular flexibility index (Phi) is 6.63. The summed E-state index contributed by atoms with van der Waals surface area (Å²) in [6.45, 7) is 11.2. The smallest absolute Gasteiger partial charge is 0.255 e. The fourth-order valence-electron chi connectivity index (χ4n) is 5.56. The third-order valence-corrected chi connectivity index (χ3v) is 7.67. The molecule has 1 saturated heterocycles. The highest BCUT2D eigenvalue weighted by Crippen LogP contribution is 2.26. The van der Waals surface area contributed by atoms with Crippen LogP contribution in [0.15, 0.2) is 53.3 Å². The molecule has 0 spiro atoms. The van der Waals surface area contributed by atoms with Crippen LogP contribution >= 0.6 is 0 Å². The lowest BCUT2D eigenvalue weighted by atomic mass is 10.0. The van der Waals surface area contributed by atoms with E-state index >= 15 is 0 Å². The lowest BCUT2D eigenvalue weighted by molar-refractivity contribution is -0.131. The molecule has 4 aromatic rings. The van der Waals surface area contributed by atoms with Crippen LogP contribution in [0.4, 0.5) is 5.69 Å². The number of para-hydroxylation sites is 1. The van der Waals surface area contributed by atoms with Crippen molar-refractivity contribution in [2.75, 3.05) is 31.1 Å². The Bertz CT molecular complexity index is 1530. The van der Waals surface area contributed by atoms with Gasteiger partial charge in [-0.25, -0.2) is 4.68 Å². The molecule has 0 radical (unpaired) electrons. The van der Waals surface area contributed by atoms with Crippen molar-refractivity contribution in [1.29, 1.82) is 0 Å². The largest absolute Gasteiger partial charge is 0.368 e. The van der Waals surface area contributed by atoms with Crippen molar-refractivity contribution < 1.29 is 4.79 Å². The van der Waals surface area contributed by atoms with E-state index in [0.29, 0.717) is 31.5 Å². The maximum Gasteiger partial charge on any atom is 0.255 e. The van der Waals surface area contributed by atoms with Gasteiger partial charge in [0.25, 0.3) is 5.56 Å². The molecule has 7 nitrogen and oxygen atoms in total. The Labute approximate surface area is 217 Å². The molecule has 0 aliphatic carbocycles. The van der Waals surface area contributed by atoms with Gasteiger partial charge in [0, 0.05) is 56.3 Å². The number of pyridine rings is 1. The number of carbonyl (C=O) groups excluding carboxylic acids is 1. The van der Waals surface area contributed by atoms with Crippen LogP contribution in [0.2, 0.25) is 0 Å². The molecule has 1 aliphatic heterocycles. The number of benzene rings is 2. The number of hydrogen-bond donors (Lipinski definition) is 0. The Morgan fingerprint density at radius 2 is 1.65 bits per heavy atom. The number of piperazine rings is 1. The third-order valence-electron chi connectivity index (χ3n) is 7.67. The van der Waals surface area contributed by atoms with Crippen molar-refractivity contribution in [1.82, 2.24) is 19.2 Å². The average Bonchev–Trinajstić information content (AvgIpc) is 3.26. The van der Waals surface area contributed by atoms with E-state index in [9.17, 15) is 9.59 Å². The van der Waals surface area contributed by atoms with E-state index in [4.69, 9.17) is 5.10 Å². The molecule has 0 saturated carbocycles. The second-order valence-corrected chi connectivity index (χ2v) is 10.2. The maximum atomic E-state index is 13.4. The summed E-state index contributed by atoms with van der Waals surface area (Å²) in [5.74, 6) is 0.110. The summed E-state index contributed by atoms with van der Waals surface area (Å²) in [7, 11) is 1.79. The van der Waals surface area contributed by atoms with Crippen LogP contribution in [0.3, 0.4) is 0 Å². The lowest BCUT2D eigenvalue weighted by Crippen LogP contribution is -2.49. The summed E-state index contributed by atoms with van der Waals surface area (Å²) in [4.78, 5) is 30.9. The predicted octanol–water partition coefficient (Wildman–Crippen LogP) is 4.24. The molecule has 1 aliphatic rings. The van der Waals surface area contributed by atoms with E-state index in [-0.39, 0.29) is 11.5 Å². The van der Waals surface area contributed by atoms with Crippen molar-refractivity contribution in [2.24, 2.45) is 7.05 Å². The van der Waals surface area contributed by atoms with E-state index in [1.807, 2.05) is 53.8 Å². The van der Waals surface area contributed by atoms with Crippen molar-refractivity contribution in [3.63, 3.8) is 0 Å². The zero-order valence-corrected chi connectivity index (χ0v) is 22.4. The summed E-state index contributed by atoms with van der Waals surface area (Å²) in [6, 6.07) is 16.4. The summed E-state index contributed by atoms with van der Waals surface area (Å²) in [5.41, 5.74) is 7.90. The van der Waals surface area contributed by atoms with Crippen molar-refractivity contribution in [3.8, 4) is 5.69 Å². The van der Waals surface area contributed by atoms with E-state index in [2.05, 4.69) is 36.9 Å². The Hall–Kier alpha value is -3.87. The number of anilines is 1. The van der Waals surface area contributed by atoms with Crippen LogP contribution in [0.25, 0.3) is 16.7 Å². The number of carbonyl (C=O) groups is 1. The molecular weight excluding hydrogens is 462 g/mol. The molecule has 0 unspecified atom stereocenters. The van der Waals surface area contributed by atoms with Crippen LogP contribution in [-0.2, 0) is 18.3 Å². The number of aryl methyl sites for hydroxylation is 5. The Balaban J connectivity index is 1.33. The molecule has 1 fully saturated rings. The monoisotopic (exact) mass is 497 g/mol. The lowest BCUT2D eigenvalue weighted by Gasteiger charge is -2.37. The number of amides is 1. The predicted molar refractivity (Wildman–Crippen MR) is 149 cm³/mol. The first-order valence-corrected chi connectivity index (χ1v) is 13.0. The highest BCUT2D eigenvalue weighted by molar-refractivity contribution is 5.85. The first-order chi connectivity index (χ1) is 17.8. The van der Waals surface area contributed by atoms with Crippen molar-refractivity contribution >= 4 is 22.6 Å². The SMILES string of the molecule is Cc1ccc(C)c(N2CCN(C(=O)CCc3c(C)c4c(C)nn(-c5ccccc5)c4n(C)c3=O)CC2)c1. The normalized spacial score (nSPS) is 14.0. The molecule has 0 atom stereocenters. The first kappa shape index (κ1) is 24.8. The Morgan fingerprint density at radius 1 is 0.946 bits per heavy atom. The fraction of sp³-hybridized carbons (Fsp3) is 0.367. The summed E-state index contributed by atoms with van der Waals surface area (Å²) in [5, 5.41) is 5.74. The highest BCUT2D eigenvalue weighted by Gasteiger charge is 2.24. The van der Waals surface area contributed by atoms with Gasteiger partial charge in [0.15, 0.2) is 0 Å². The van der Waals surface area contributed by atoms with Gasteiger partial charge in [-0.2, -0.15) is 5.10 Å². The molecule has 0 N–H and O–H groups in total. The summed E-state index contributed by atoms with van der Waals surface area (Å²) in [6.07, 6.45) is 0.761. The van der Waals surface area contributed by atoms with Gasteiger partial charge in [-0.1, -0.05) is 30.3 Å². The Morgan fingerprint density at radius 3 is 2.35 bits per heavy atom. The number of fused-ring (bicyclic) bond motifs is 1. The number of aromatic nitrogens is 3.